The monoisotopic (exact) mass is 485 g/mol. The van der Waals surface area contributed by atoms with E-state index in [4.69, 9.17) is 0 Å². The molecule has 0 saturated carbocycles. The van der Waals surface area contributed by atoms with E-state index in [2.05, 4.69) is 20.6 Å². The summed E-state index contributed by atoms with van der Waals surface area (Å²) >= 11 is 0. The molecule has 0 fully saturated rings. The molecule has 9 nitrogen and oxygen atoms in total. The number of hydrogen-bond donors (Lipinski definition) is 4. The highest BCUT2D eigenvalue weighted by molar-refractivity contribution is 6.09. The van der Waals surface area contributed by atoms with E-state index >= 15 is 0 Å². The first-order valence-electron chi connectivity index (χ1n) is 11.0. The maximum absolute atomic E-state index is 13.2. The largest absolute Gasteiger partial charge is 0.465 e. The summed E-state index contributed by atoms with van der Waals surface area (Å²) in [4.78, 5) is 45.5. The molecule has 2 amide bonds. The van der Waals surface area contributed by atoms with E-state index in [9.17, 15) is 23.9 Å². The summed E-state index contributed by atoms with van der Waals surface area (Å²) in [5.74, 6) is -0.991. The van der Waals surface area contributed by atoms with Crippen molar-refractivity contribution in [2.75, 3.05) is 17.2 Å². The first-order valence-corrected chi connectivity index (χ1v) is 11.0. The minimum absolute atomic E-state index is 0.0269. The third-order valence-corrected chi connectivity index (χ3v) is 5.75. The molecule has 4 N–H and O–H groups in total. The molecule has 4 aromatic rings. The molecule has 0 aliphatic carbocycles. The maximum atomic E-state index is 13.2. The van der Waals surface area contributed by atoms with Crippen LogP contribution in [0.5, 0.6) is 0 Å². The van der Waals surface area contributed by atoms with Crippen LogP contribution >= 0.6 is 0 Å². The molecule has 180 valence electrons. The minimum Gasteiger partial charge on any atom is -0.465 e. The van der Waals surface area contributed by atoms with Gasteiger partial charge in [-0.2, -0.15) is 0 Å². The van der Waals surface area contributed by atoms with Gasteiger partial charge in [-0.15, -0.1) is 0 Å². The topological polar surface area (TPSA) is 127 Å². The summed E-state index contributed by atoms with van der Waals surface area (Å²) in [6, 6.07) is 17.7. The molecular weight excluding hydrogens is 465 g/mol. The standard InChI is InChI=1S/C26H20FN5O4/c27-17-8-6-15(7-9-17)25(34)31-21-12-16(10-11-28-21)23-24(29-18-4-2-1-3-5-18)22-19(30-23)13-32(26(35)36)14-20(22)33/h1-12,29-30H,13-14H2,(H,35,36)(H,28,31,34). The Labute approximate surface area is 204 Å². The lowest BCUT2D eigenvalue weighted by atomic mass is 10.0. The van der Waals surface area contributed by atoms with Crippen molar-refractivity contribution in [2.45, 2.75) is 6.54 Å². The first-order chi connectivity index (χ1) is 17.4. The van der Waals surface area contributed by atoms with Crippen LogP contribution in [0.3, 0.4) is 0 Å². The number of amides is 2. The number of aromatic amines is 1. The number of ketones is 1. The zero-order valence-corrected chi connectivity index (χ0v) is 18.8. The van der Waals surface area contributed by atoms with Crippen LogP contribution in [0.15, 0.2) is 72.9 Å². The molecule has 10 heteroatoms. The highest BCUT2D eigenvalue weighted by Crippen LogP contribution is 2.38. The Morgan fingerprint density at radius 3 is 2.50 bits per heavy atom. The van der Waals surface area contributed by atoms with Crippen LogP contribution in [-0.2, 0) is 6.54 Å². The van der Waals surface area contributed by atoms with Gasteiger partial charge in [0.1, 0.15) is 11.6 Å². The number of rotatable bonds is 5. The number of pyridine rings is 1. The summed E-state index contributed by atoms with van der Waals surface area (Å²) in [6.07, 6.45) is 0.324. The van der Waals surface area contributed by atoms with Crippen LogP contribution in [0.4, 0.5) is 26.4 Å². The average Bonchev–Trinajstić information content (AvgIpc) is 3.24. The fraction of sp³-hybridized carbons (Fsp3) is 0.0769. The summed E-state index contributed by atoms with van der Waals surface area (Å²) in [7, 11) is 0. The summed E-state index contributed by atoms with van der Waals surface area (Å²) in [6.45, 7) is -0.225. The Bertz CT molecular complexity index is 1470. The van der Waals surface area contributed by atoms with Gasteiger partial charge in [0.05, 0.1) is 30.0 Å². The molecule has 1 aliphatic rings. The molecule has 3 heterocycles. The molecule has 0 radical (unpaired) electrons. The maximum Gasteiger partial charge on any atom is 0.408 e. The third kappa shape index (κ3) is 4.51. The van der Waals surface area contributed by atoms with E-state index in [0.717, 1.165) is 10.6 Å². The van der Waals surface area contributed by atoms with Crippen molar-refractivity contribution in [1.29, 1.82) is 0 Å². The Morgan fingerprint density at radius 1 is 1.03 bits per heavy atom. The third-order valence-electron chi connectivity index (χ3n) is 5.75. The molecule has 0 saturated heterocycles. The molecule has 5 rings (SSSR count). The number of nitrogens with one attached hydrogen (secondary N) is 3. The van der Waals surface area contributed by atoms with E-state index in [-0.39, 0.29) is 30.3 Å². The number of anilines is 3. The number of nitrogens with zero attached hydrogens (tertiary/aromatic N) is 2. The quantitative estimate of drug-likeness (QED) is 0.319. The van der Waals surface area contributed by atoms with E-state index < -0.39 is 17.8 Å². The Kier molecular flexibility index (Phi) is 5.91. The molecular formula is C26H20FN5O4. The van der Waals surface area contributed by atoms with Crippen molar-refractivity contribution >= 4 is 35.0 Å². The van der Waals surface area contributed by atoms with Crippen LogP contribution in [0.2, 0.25) is 0 Å². The van der Waals surface area contributed by atoms with Crippen molar-refractivity contribution in [1.82, 2.24) is 14.9 Å². The zero-order valence-electron chi connectivity index (χ0n) is 18.8. The first kappa shape index (κ1) is 22.8. The summed E-state index contributed by atoms with van der Waals surface area (Å²) < 4.78 is 13.2. The molecule has 0 spiro atoms. The number of para-hydroxylation sites is 1. The van der Waals surface area contributed by atoms with Gasteiger partial charge in [0, 0.05) is 28.7 Å². The molecule has 0 bridgehead atoms. The van der Waals surface area contributed by atoms with Gasteiger partial charge in [0.2, 0.25) is 0 Å². The number of hydrogen-bond acceptors (Lipinski definition) is 5. The number of H-pyrrole nitrogens is 1. The van der Waals surface area contributed by atoms with Crippen molar-refractivity contribution in [3.8, 4) is 11.3 Å². The Balaban J connectivity index is 1.53. The Morgan fingerprint density at radius 2 is 1.78 bits per heavy atom. The molecule has 0 atom stereocenters. The van der Waals surface area contributed by atoms with Crippen molar-refractivity contribution in [3.63, 3.8) is 0 Å². The SMILES string of the molecule is O=C(Nc1cc(-c2[nH]c3c(c2Nc2ccccc2)C(=O)CN(C(=O)O)C3)ccn1)c1ccc(F)cc1. The van der Waals surface area contributed by atoms with Crippen LogP contribution in [-0.4, -0.2) is 44.3 Å². The van der Waals surface area contributed by atoms with Crippen molar-refractivity contribution in [2.24, 2.45) is 0 Å². The normalized spacial score (nSPS) is 12.7. The molecule has 0 unspecified atom stereocenters. The lowest BCUT2D eigenvalue weighted by Crippen LogP contribution is -2.38. The van der Waals surface area contributed by atoms with Crippen LogP contribution in [0.1, 0.15) is 26.4 Å². The van der Waals surface area contributed by atoms with Crippen LogP contribution < -0.4 is 10.6 Å². The van der Waals surface area contributed by atoms with Crippen molar-refractivity contribution < 1.29 is 23.9 Å². The van der Waals surface area contributed by atoms with Crippen LogP contribution in [0, 0.1) is 5.82 Å². The number of carbonyl (C=O) groups excluding carboxylic acids is 2. The summed E-state index contributed by atoms with van der Waals surface area (Å²) in [5.41, 5.74) is 3.53. The average molecular weight is 485 g/mol. The summed E-state index contributed by atoms with van der Waals surface area (Å²) in [5, 5.41) is 15.4. The highest BCUT2D eigenvalue weighted by atomic mass is 19.1. The fourth-order valence-corrected chi connectivity index (χ4v) is 4.06. The second-order valence-electron chi connectivity index (χ2n) is 8.17. The number of fused-ring (bicyclic) bond motifs is 1. The van der Waals surface area contributed by atoms with E-state index in [1.54, 1.807) is 12.1 Å². The van der Waals surface area contributed by atoms with Gasteiger partial charge in [-0.25, -0.2) is 14.2 Å². The zero-order chi connectivity index (χ0) is 25.2. The van der Waals surface area contributed by atoms with E-state index in [1.165, 1.54) is 30.5 Å². The molecule has 1 aliphatic heterocycles. The van der Waals surface area contributed by atoms with E-state index in [1.807, 2.05) is 30.3 Å². The predicted molar refractivity (Wildman–Crippen MR) is 131 cm³/mol. The minimum atomic E-state index is -1.18. The number of carbonyl (C=O) groups is 3. The highest BCUT2D eigenvalue weighted by Gasteiger charge is 2.32. The van der Waals surface area contributed by atoms with Gasteiger partial charge in [0.25, 0.3) is 5.91 Å². The molecule has 2 aromatic heterocycles. The lowest BCUT2D eigenvalue weighted by molar-refractivity contribution is 0.0874. The smallest absolute Gasteiger partial charge is 0.408 e. The second-order valence-corrected chi connectivity index (χ2v) is 8.17. The van der Waals surface area contributed by atoms with Gasteiger partial charge in [-0.3, -0.25) is 14.5 Å². The Hall–Kier alpha value is -4.99. The van der Waals surface area contributed by atoms with Crippen molar-refractivity contribution in [3.05, 3.63) is 95.6 Å². The van der Waals surface area contributed by atoms with Gasteiger partial charge in [-0.1, -0.05) is 18.2 Å². The van der Waals surface area contributed by atoms with Gasteiger partial charge < -0.3 is 20.7 Å². The number of benzene rings is 2. The number of carboxylic acid groups (broad SMARTS) is 1. The fourth-order valence-electron chi connectivity index (χ4n) is 4.06. The molecule has 36 heavy (non-hydrogen) atoms. The second kappa shape index (κ2) is 9.34. The number of Topliss-reactive ketones (excluding diaryl/α,β-unsaturated/α-hetero) is 1. The number of halogens is 1. The number of aromatic nitrogens is 2. The van der Waals surface area contributed by atoms with Gasteiger partial charge in [-0.05, 0) is 48.5 Å². The molecule has 2 aromatic carbocycles. The van der Waals surface area contributed by atoms with Crippen LogP contribution in [0.25, 0.3) is 11.3 Å². The van der Waals surface area contributed by atoms with Gasteiger partial charge in [0.15, 0.2) is 5.78 Å². The van der Waals surface area contributed by atoms with Gasteiger partial charge >= 0.3 is 6.09 Å². The lowest BCUT2D eigenvalue weighted by Gasteiger charge is -2.23. The van der Waals surface area contributed by atoms with E-state index in [0.29, 0.717) is 28.2 Å². The predicted octanol–water partition coefficient (Wildman–Crippen LogP) is 4.89.